The maximum absolute atomic E-state index is 13.1. The lowest BCUT2D eigenvalue weighted by Gasteiger charge is -2.26. The van der Waals surface area contributed by atoms with Crippen LogP contribution in [-0.2, 0) is 16.6 Å². The highest BCUT2D eigenvalue weighted by Crippen LogP contribution is 2.38. The summed E-state index contributed by atoms with van der Waals surface area (Å²) in [5, 5.41) is 6.11. The number of aryl methyl sites for hydroxylation is 1. The third-order valence-corrected chi connectivity index (χ3v) is 6.46. The molecule has 12 nitrogen and oxygen atoms in total. The van der Waals surface area contributed by atoms with E-state index in [2.05, 4.69) is 32.1 Å². The zero-order valence-corrected chi connectivity index (χ0v) is 24.0. The van der Waals surface area contributed by atoms with Gasteiger partial charge in [0.2, 0.25) is 11.9 Å². The number of amides is 1. The zero-order chi connectivity index (χ0) is 29.5. The molecule has 41 heavy (non-hydrogen) atoms. The highest BCUT2D eigenvalue weighted by molar-refractivity contribution is 6.02. The second kappa shape index (κ2) is 13.1. The SMILES string of the molecule is C=CC(=O)Nc1cc(Nc2nccc(-n3c(=O)n(C)c4ccccc43)n2)c(OCCOC)cc1N(C)CCN(C)C. The fourth-order valence-electron chi connectivity index (χ4n) is 4.26. The van der Waals surface area contributed by atoms with Crippen molar-refractivity contribution >= 4 is 40.0 Å². The van der Waals surface area contributed by atoms with E-state index < -0.39 is 0 Å². The van der Waals surface area contributed by atoms with E-state index in [1.807, 2.05) is 56.4 Å². The number of rotatable bonds is 13. The Morgan fingerprint density at radius 1 is 1.07 bits per heavy atom. The van der Waals surface area contributed by atoms with Gasteiger partial charge in [-0.3, -0.25) is 9.36 Å². The van der Waals surface area contributed by atoms with Gasteiger partial charge in [0.05, 0.1) is 34.7 Å². The fourth-order valence-corrected chi connectivity index (χ4v) is 4.26. The first-order valence-corrected chi connectivity index (χ1v) is 13.1. The van der Waals surface area contributed by atoms with E-state index >= 15 is 0 Å². The normalized spacial score (nSPS) is 11.1. The van der Waals surface area contributed by atoms with Crippen LogP contribution in [0.2, 0.25) is 0 Å². The molecule has 2 heterocycles. The van der Waals surface area contributed by atoms with Crippen LogP contribution in [-0.4, -0.2) is 84.5 Å². The van der Waals surface area contributed by atoms with Crippen molar-refractivity contribution < 1.29 is 14.3 Å². The number of para-hydroxylation sites is 2. The summed E-state index contributed by atoms with van der Waals surface area (Å²) in [4.78, 5) is 38.6. The fraction of sp³-hybridized carbons (Fsp3) is 0.310. The number of aromatic nitrogens is 4. The average molecular weight is 561 g/mol. The smallest absolute Gasteiger partial charge is 0.334 e. The van der Waals surface area contributed by atoms with Gasteiger partial charge in [-0.2, -0.15) is 4.98 Å². The number of carbonyl (C=O) groups excluding carboxylic acids is 1. The maximum atomic E-state index is 13.1. The number of likely N-dealkylation sites (N-methyl/N-ethyl adjacent to an activating group) is 2. The van der Waals surface area contributed by atoms with Crippen molar-refractivity contribution in [1.82, 2.24) is 24.0 Å². The molecule has 0 aliphatic carbocycles. The van der Waals surface area contributed by atoms with Crippen LogP contribution >= 0.6 is 0 Å². The van der Waals surface area contributed by atoms with Gasteiger partial charge in [0.15, 0.2) is 0 Å². The van der Waals surface area contributed by atoms with Crippen LogP contribution in [0.3, 0.4) is 0 Å². The molecule has 0 bridgehead atoms. The summed E-state index contributed by atoms with van der Waals surface area (Å²) in [7, 11) is 9.28. The lowest BCUT2D eigenvalue weighted by Crippen LogP contribution is -2.29. The molecule has 0 saturated heterocycles. The second-order valence-electron chi connectivity index (χ2n) is 9.65. The van der Waals surface area contributed by atoms with Gasteiger partial charge in [-0.05, 0) is 38.4 Å². The summed E-state index contributed by atoms with van der Waals surface area (Å²) >= 11 is 0. The van der Waals surface area contributed by atoms with Crippen LogP contribution in [0.5, 0.6) is 5.75 Å². The van der Waals surface area contributed by atoms with Gasteiger partial charge in [-0.15, -0.1) is 0 Å². The van der Waals surface area contributed by atoms with Crippen LogP contribution < -0.4 is 26.0 Å². The largest absolute Gasteiger partial charge is 0.489 e. The monoisotopic (exact) mass is 560 g/mol. The number of nitrogens with one attached hydrogen (secondary N) is 2. The van der Waals surface area contributed by atoms with E-state index in [0.29, 0.717) is 42.7 Å². The van der Waals surface area contributed by atoms with Crippen LogP contribution in [0, 0.1) is 0 Å². The molecule has 4 aromatic rings. The molecule has 216 valence electrons. The Kier molecular flexibility index (Phi) is 9.37. The predicted molar refractivity (Wildman–Crippen MR) is 162 cm³/mol. The number of carbonyl (C=O) groups is 1. The molecule has 4 rings (SSSR count). The molecule has 2 N–H and O–H groups in total. The molecule has 0 aliphatic rings. The van der Waals surface area contributed by atoms with E-state index in [-0.39, 0.29) is 17.5 Å². The predicted octanol–water partition coefficient (Wildman–Crippen LogP) is 3.01. The van der Waals surface area contributed by atoms with E-state index in [9.17, 15) is 9.59 Å². The highest BCUT2D eigenvalue weighted by Gasteiger charge is 2.18. The molecule has 0 fully saturated rings. The Bertz CT molecular complexity index is 1590. The standard InChI is InChI=1S/C29H36N8O4/c1-7-27(38)31-20-18-21(25(41-17-16-40-6)19-24(20)35(4)15-14-34(2)3)32-28-30-13-12-26(33-28)37-23-11-9-8-10-22(23)36(5)29(37)39/h7-13,18-19H,1,14-17H2,2-6H3,(H,31,38)(H,30,32,33). The number of methoxy groups -OCH3 is 1. The number of benzene rings is 2. The summed E-state index contributed by atoms with van der Waals surface area (Å²) in [6.07, 6.45) is 2.79. The van der Waals surface area contributed by atoms with E-state index in [4.69, 9.17) is 9.47 Å². The number of hydrogen-bond donors (Lipinski definition) is 2. The number of fused-ring (bicyclic) bond motifs is 1. The van der Waals surface area contributed by atoms with Crippen molar-refractivity contribution in [3.63, 3.8) is 0 Å². The minimum Gasteiger partial charge on any atom is -0.489 e. The van der Waals surface area contributed by atoms with Gasteiger partial charge in [0.25, 0.3) is 0 Å². The average Bonchev–Trinajstić information content (AvgIpc) is 3.22. The number of anilines is 4. The molecule has 0 atom stereocenters. The summed E-state index contributed by atoms with van der Waals surface area (Å²) in [5.41, 5.74) is 3.13. The minimum atomic E-state index is -0.347. The van der Waals surface area contributed by atoms with Crippen molar-refractivity contribution in [2.45, 2.75) is 0 Å². The molecule has 2 aromatic carbocycles. The van der Waals surface area contributed by atoms with Crippen molar-refractivity contribution in [3.8, 4) is 11.6 Å². The molecule has 1 amide bonds. The summed E-state index contributed by atoms with van der Waals surface area (Å²) < 4.78 is 14.4. The van der Waals surface area contributed by atoms with Gasteiger partial charge >= 0.3 is 5.69 Å². The van der Waals surface area contributed by atoms with Gasteiger partial charge in [-0.1, -0.05) is 18.7 Å². The topological polar surface area (TPSA) is 119 Å². The number of hydrogen-bond acceptors (Lipinski definition) is 9. The third-order valence-electron chi connectivity index (χ3n) is 6.46. The first-order valence-electron chi connectivity index (χ1n) is 13.1. The van der Waals surface area contributed by atoms with Crippen molar-refractivity contribution in [3.05, 3.63) is 71.8 Å². The highest BCUT2D eigenvalue weighted by atomic mass is 16.5. The van der Waals surface area contributed by atoms with Crippen molar-refractivity contribution in [1.29, 1.82) is 0 Å². The zero-order valence-electron chi connectivity index (χ0n) is 24.0. The van der Waals surface area contributed by atoms with E-state index in [1.54, 1.807) is 37.1 Å². The first kappa shape index (κ1) is 29.3. The second-order valence-corrected chi connectivity index (χ2v) is 9.65. The molecule has 0 unspecified atom stereocenters. The van der Waals surface area contributed by atoms with Crippen LogP contribution in [0.1, 0.15) is 0 Å². The Labute approximate surface area is 238 Å². The number of nitrogens with zero attached hydrogens (tertiary/aromatic N) is 6. The summed E-state index contributed by atoms with van der Waals surface area (Å²) in [6.45, 7) is 5.78. The molecule has 0 aliphatic heterocycles. The van der Waals surface area contributed by atoms with Crippen LogP contribution in [0.15, 0.2) is 66.1 Å². The van der Waals surface area contributed by atoms with Crippen LogP contribution in [0.4, 0.5) is 23.0 Å². The Morgan fingerprint density at radius 3 is 2.54 bits per heavy atom. The third kappa shape index (κ3) is 6.73. The van der Waals surface area contributed by atoms with E-state index in [1.165, 1.54) is 10.6 Å². The quantitative estimate of drug-likeness (QED) is 0.188. The van der Waals surface area contributed by atoms with Crippen molar-refractivity contribution in [2.24, 2.45) is 7.05 Å². The number of ether oxygens (including phenoxy) is 2. The Hall–Kier alpha value is -4.68. The molecular formula is C29H36N8O4. The van der Waals surface area contributed by atoms with E-state index in [0.717, 1.165) is 23.3 Å². The van der Waals surface area contributed by atoms with Crippen molar-refractivity contribution in [2.75, 3.05) is 70.1 Å². The van der Waals surface area contributed by atoms with Crippen LogP contribution in [0.25, 0.3) is 16.9 Å². The Morgan fingerprint density at radius 2 is 1.83 bits per heavy atom. The lowest BCUT2D eigenvalue weighted by atomic mass is 10.2. The maximum Gasteiger partial charge on any atom is 0.334 e. The van der Waals surface area contributed by atoms with Gasteiger partial charge in [0.1, 0.15) is 18.2 Å². The Balaban J connectivity index is 1.77. The first-order chi connectivity index (χ1) is 19.7. The molecular weight excluding hydrogens is 524 g/mol. The summed E-state index contributed by atoms with van der Waals surface area (Å²) in [6, 6.07) is 12.8. The number of imidazole rings is 1. The van der Waals surface area contributed by atoms with Gasteiger partial charge in [0, 0.05) is 52.6 Å². The minimum absolute atomic E-state index is 0.223. The molecule has 2 aromatic heterocycles. The van der Waals surface area contributed by atoms with Gasteiger partial charge in [-0.25, -0.2) is 14.3 Å². The molecule has 12 heteroatoms. The lowest BCUT2D eigenvalue weighted by molar-refractivity contribution is -0.111. The molecule has 0 saturated carbocycles. The summed E-state index contributed by atoms with van der Waals surface area (Å²) in [5.74, 6) is 0.821. The van der Waals surface area contributed by atoms with Gasteiger partial charge < -0.3 is 29.9 Å². The molecule has 0 radical (unpaired) electrons. The molecule has 0 spiro atoms.